The molecule has 1 aliphatic heterocycles. The van der Waals surface area contributed by atoms with Crippen molar-refractivity contribution in [3.8, 4) is 0 Å². The first kappa shape index (κ1) is 16.3. The van der Waals surface area contributed by atoms with Gasteiger partial charge in [-0.15, -0.1) is 0 Å². The van der Waals surface area contributed by atoms with Crippen LogP contribution in [0.1, 0.15) is 35.5 Å². The Bertz CT molecular complexity index is 911. The lowest BCUT2D eigenvalue weighted by Gasteiger charge is -2.31. The molecule has 0 N–H and O–H groups in total. The van der Waals surface area contributed by atoms with Crippen LogP contribution in [0.5, 0.6) is 0 Å². The van der Waals surface area contributed by atoms with Gasteiger partial charge in [0.25, 0.3) is 0 Å². The number of aromatic nitrogens is 2. The highest BCUT2D eigenvalue weighted by Gasteiger charge is 2.28. The Morgan fingerprint density at radius 3 is 2.84 bits per heavy atom. The molecule has 1 aromatic carbocycles. The number of halogens is 1. The second kappa shape index (κ2) is 6.26. The van der Waals surface area contributed by atoms with E-state index in [-0.39, 0.29) is 5.82 Å². The van der Waals surface area contributed by atoms with E-state index in [0.29, 0.717) is 6.04 Å². The van der Waals surface area contributed by atoms with E-state index in [9.17, 15) is 4.39 Å². The molecule has 130 valence electrons. The Hall–Kier alpha value is -2.20. The van der Waals surface area contributed by atoms with E-state index in [2.05, 4.69) is 40.6 Å². The zero-order valence-electron chi connectivity index (χ0n) is 15.1. The summed E-state index contributed by atoms with van der Waals surface area (Å²) in [4.78, 5) is 6.73. The molecule has 0 aliphatic carbocycles. The summed E-state index contributed by atoms with van der Waals surface area (Å²) in [5.41, 5.74) is 5.57. The molecule has 1 unspecified atom stereocenters. The van der Waals surface area contributed by atoms with Crippen molar-refractivity contribution in [2.24, 2.45) is 0 Å². The van der Waals surface area contributed by atoms with E-state index in [1.165, 1.54) is 16.8 Å². The monoisotopic (exact) mass is 337 g/mol. The molecule has 0 bridgehead atoms. The molecule has 0 saturated heterocycles. The first-order valence-corrected chi connectivity index (χ1v) is 8.97. The molecule has 0 radical (unpaired) electrons. The van der Waals surface area contributed by atoms with Crippen LogP contribution in [-0.4, -0.2) is 28.0 Å². The number of pyridine rings is 1. The fourth-order valence-corrected chi connectivity index (χ4v) is 4.01. The van der Waals surface area contributed by atoms with Gasteiger partial charge < -0.3 is 4.57 Å². The standard InChI is InChI=1S/C21H24FN3/c1-14-7-8-16(13-23-14)9-12-25-19-10-11-24(3)15(2)20(19)17-5-4-6-18(22)21(17)25/h4-8,13,15H,9-12H2,1-3H3. The van der Waals surface area contributed by atoms with Gasteiger partial charge in [-0.3, -0.25) is 9.88 Å². The summed E-state index contributed by atoms with van der Waals surface area (Å²) in [7, 11) is 2.15. The number of aryl methyl sites for hydroxylation is 3. The van der Waals surface area contributed by atoms with Gasteiger partial charge in [0.15, 0.2) is 0 Å². The van der Waals surface area contributed by atoms with Gasteiger partial charge in [0.1, 0.15) is 5.82 Å². The molecule has 25 heavy (non-hydrogen) atoms. The molecule has 4 rings (SSSR count). The molecule has 1 atom stereocenters. The highest BCUT2D eigenvalue weighted by Crippen LogP contribution is 2.38. The maximum atomic E-state index is 14.7. The summed E-state index contributed by atoms with van der Waals surface area (Å²) in [5, 5.41) is 1.07. The van der Waals surface area contributed by atoms with Crippen molar-refractivity contribution in [3.63, 3.8) is 0 Å². The lowest BCUT2D eigenvalue weighted by molar-refractivity contribution is 0.245. The number of fused-ring (bicyclic) bond motifs is 3. The average Bonchev–Trinajstić information content (AvgIpc) is 2.93. The molecule has 0 amide bonds. The van der Waals surface area contributed by atoms with Gasteiger partial charge in [0, 0.05) is 48.5 Å². The third-order valence-electron chi connectivity index (χ3n) is 5.56. The Morgan fingerprint density at radius 2 is 2.08 bits per heavy atom. The summed E-state index contributed by atoms with van der Waals surface area (Å²) in [5.74, 6) is -0.121. The zero-order valence-corrected chi connectivity index (χ0v) is 15.1. The smallest absolute Gasteiger partial charge is 0.147 e. The second-order valence-electron chi connectivity index (χ2n) is 7.11. The first-order chi connectivity index (χ1) is 12.1. The van der Waals surface area contributed by atoms with Crippen LogP contribution < -0.4 is 0 Å². The lowest BCUT2D eigenvalue weighted by Crippen LogP contribution is -2.31. The summed E-state index contributed by atoms with van der Waals surface area (Å²) < 4.78 is 16.9. The number of benzene rings is 1. The van der Waals surface area contributed by atoms with E-state index in [1.54, 1.807) is 6.07 Å². The van der Waals surface area contributed by atoms with Crippen molar-refractivity contribution in [1.82, 2.24) is 14.5 Å². The minimum absolute atomic E-state index is 0.121. The predicted octanol–water partition coefficient (Wildman–Crippen LogP) is 4.28. The van der Waals surface area contributed by atoms with Gasteiger partial charge >= 0.3 is 0 Å². The Kier molecular flexibility index (Phi) is 4.08. The zero-order chi connectivity index (χ0) is 17.6. The molecular formula is C21H24FN3. The van der Waals surface area contributed by atoms with E-state index in [0.717, 1.165) is 42.5 Å². The van der Waals surface area contributed by atoms with Crippen LogP contribution in [0.25, 0.3) is 10.9 Å². The molecule has 0 saturated carbocycles. The molecule has 4 heteroatoms. The van der Waals surface area contributed by atoms with Gasteiger partial charge in [-0.05, 0) is 50.6 Å². The second-order valence-corrected chi connectivity index (χ2v) is 7.11. The van der Waals surface area contributed by atoms with Crippen LogP contribution in [-0.2, 0) is 19.4 Å². The van der Waals surface area contributed by atoms with E-state index >= 15 is 0 Å². The molecule has 0 fully saturated rings. The normalized spacial score (nSPS) is 17.8. The number of rotatable bonds is 3. The minimum Gasteiger partial charge on any atom is -0.342 e. The van der Waals surface area contributed by atoms with Crippen LogP contribution in [0.2, 0.25) is 0 Å². The quantitative estimate of drug-likeness (QED) is 0.711. The fraction of sp³-hybridized carbons (Fsp3) is 0.381. The molecule has 3 nitrogen and oxygen atoms in total. The van der Waals surface area contributed by atoms with Crippen molar-refractivity contribution in [2.75, 3.05) is 13.6 Å². The highest BCUT2D eigenvalue weighted by molar-refractivity contribution is 5.87. The summed E-state index contributed by atoms with van der Waals surface area (Å²) in [6.45, 7) is 6.01. The van der Waals surface area contributed by atoms with Crippen LogP contribution in [0.3, 0.4) is 0 Å². The fourth-order valence-electron chi connectivity index (χ4n) is 4.01. The van der Waals surface area contributed by atoms with Crippen molar-refractivity contribution >= 4 is 10.9 Å². The van der Waals surface area contributed by atoms with E-state index in [4.69, 9.17) is 0 Å². The lowest BCUT2D eigenvalue weighted by atomic mass is 9.97. The molecule has 0 spiro atoms. The summed E-state index contributed by atoms with van der Waals surface area (Å²) in [6.07, 6.45) is 3.76. The van der Waals surface area contributed by atoms with E-state index < -0.39 is 0 Å². The third-order valence-corrected chi connectivity index (χ3v) is 5.56. The number of hydrogen-bond acceptors (Lipinski definition) is 2. The number of para-hydroxylation sites is 1. The van der Waals surface area contributed by atoms with Crippen molar-refractivity contribution in [1.29, 1.82) is 0 Å². The topological polar surface area (TPSA) is 21.1 Å². The maximum Gasteiger partial charge on any atom is 0.147 e. The van der Waals surface area contributed by atoms with Crippen molar-refractivity contribution in [2.45, 2.75) is 39.3 Å². The average molecular weight is 337 g/mol. The Labute approximate surface area is 148 Å². The molecule has 2 aromatic heterocycles. The molecule has 1 aliphatic rings. The van der Waals surface area contributed by atoms with Gasteiger partial charge in [-0.25, -0.2) is 4.39 Å². The summed E-state index contributed by atoms with van der Waals surface area (Å²) in [6, 6.07) is 9.94. The third kappa shape index (κ3) is 2.74. The van der Waals surface area contributed by atoms with Crippen molar-refractivity contribution in [3.05, 3.63) is 64.9 Å². The number of hydrogen-bond donors (Lipinski definition) is 0. The van der Waals surface area contributed by atoms with Crippen LogP contribution >= 0.6 is 0 Å². The highest BCUT2D eigenvalue weighted by atomic mass is 19.1. The van der Waals surface area contributed by atoms with Crippen LogP contribution in [0, 0.1) is 12.7 Å². The van der Waals surface area contributed by atoms with Gasteiger partial charge in [0.05, 0.1) is 5.52 Å². The van der Waals surface area contributed by atoms with Gasteiger partial charge in [-0.1, -0.05) is 18.2 Å². The molecular weight excluding hydrogens is 313 g/mol. The van der Waals surface area contributed by atoms with Crippen molar-refractivity contribution < 1.29 is 4.39 Å². The first-order valence-electron chi connectivity index (χ1n) is 8.97. The van der Waals surface area contributed by atoms with E-state index in [1.807, 2.05) is 25.3 Å². The maximum absolute atomic E-state index is 14.7. The number of nitrogens with zero attached hydrogens (tertiary/aromatic N) is 3. The largest absolute Gasteiger partial charge is 0.342 e. The Balaban J connectivity index is 1.79. The van der Waals surface area contributed by atoms with Gasteiger partial charge in [-0.2, -0.15) is 0 Å². The van der Waals surface area contributed by atoms with Gasteiger partial charge in [0.2, 0.25) is 0 Å². The Morgan fingerprint density at radius 1 is 1.24 bits per heavy atom. The number of likely N-dealkylation sites (N-methyl/N-ethyl adjacent to an activating group) is 1. The predicted molar refractivity (Wildman–Crippen MR) is 99.3 cm³/mol. The van der Waals surface area contributed by atoms with Crippen LogP contribution in [0.4, 0.5) is 4.39 Å². The molecule has 3 aromatic rings. The molecule has 3 heterocycles. The SMILES string of the molecule is Cc1ccc(CCn2c3c(c4cccc(F)c42)C(C)N(C)CC3)cn1. The van der Waals surface area contributed by atoms with Crippen LogP contribution in [0.15, 0.2) is 36.5 Å². The summed E-state index contributed by atoms with van der Waals surface area (Å²) >= 11 is 0. The minimum atomic E-state index is -0.121.